The molecule has 0 saturated carbocycles. The summed E-state index contributed by atoms with van der Waals surface area (Å²) < 4.78 is 0. The molecule has 0 amide bonds. The molecule has 4 nitrogen and oxygen atoms in total. The molecule has 2 atom stereocenters. The van der Waals surface area contributed by atoms with E-state index in [9.17, 15) is 0 Å². The Labute approximate surface area is 80.3 Å². The fraction of sp³-hybridized carbons (Fsp3) is 0.857. The Morgan fingerprint density at radius 1 is 1.75 bits per heavy atom. The van der Waals surface area contributed by atoms with E-state index in [0.717, 1.165) is 24.2 Å². The van der Waals surface area contributed by atoms with Gasteiger partial charge in [-0.05, 0) is 18.8 Å². The second-order valence-corrected chi connectivity index (χ2v) is 3.99. The molecule has 2 aliphatic heterocycles. The second kappa shape index (κ2) is 3.22. The molecular weight excluding hydrogens is 220 g/mol. The average Bonchev–Trinajstić information content (AvgIpc) is 2.43. The maximum Gasteiger partial charge on any atom is 0.205 e. The summed E-state index contributed by atoms with van der Waals surface area (Å²) in [7, 11) is 0. The molecule has 68 valence electrons. The summed E-state index contributed by atoms with van der Waals surface area (Å²) >= 11 is 3.50. The fourth-order valence-corrected chi connectivity index (χ4v) is 2.33. The molecule has 5 heteroatoms. The van der Waals surface area contributed by atoms with Crippen LogP contribution in [0.1, 0.15) is 12.8 Å². The molecule has 2 unspecified atom stereocenters. The highest BCUT2D eigenvalue weighted by atomic mass is 79.9. The first-order chi connectivity index (χ1) is 5.79. The van der Waals surface area contributed by atoms with Gasteiger partial charge in [0.25, 0.3) is 0 Å². The minimum absolute atomic E-state index is 0.279. The molecule has 0 radical (unpaired) electrons. The van der Waals surface area contributed by atoms with E-state index in [-0.39, 0.29) is 6.17 Å². The van der Waals surface area contributed by atoms with Crippen molar-refractivity contribution in [2.24, 2.45) is 16.6 Å². The number of nitrogens with zero attached hydrogens (tertiary/aromatic N) is 2. The molecule has 3 N–H and O–H groups in total. The van der Waals surface area contributed by atoms with Gasteiger partial charge in [-0.3, -0.25) is 5.43 Å². The summed E-state index contributed by atoms with van der Waals surface area (Å²) in [6.07, 6.45) is 2.61. The van der Waals surface area contributed by atoms with Crippen LogP contribution in [0.15, 0.2) is 4.99 Å². The lowest BCUT2D eigenvalue weighted by Gasteiger charge is -2.31. The lowest BCUT2D eigenvalue weighted by atomic mass is 9.98. The van der Waals surface area contributed by atoms with Crippen molar-refractivity contribution in [1.29, 1.82) is 0 Å². The number of alkyl halides is 1. The van der Waals surface area contributed by atoms with E-state index in [4.69, 9.17) is 5.73 Å². The van der Waals surface area contributed by atoms with Crippen LogP contribution in [-0.4, -0.2) is 29.0 Å². The molecule has 0 spiro atoms. The largest absolute Gasteiger partial charge is 0.369 e. The van der Waals surface area contributed by atoms with E-state index in [1.54, 1.807) is 0 Å². The Morgan fingerprint density at radius 3 is 3.33 bits per heavy atom. The molecule has 1 fully saturated rings. The molecule has 1 saturated heterocycles. The van der Waals surface area contributed by atoms with Gasteiger partial charge >= 0.3 is 0 Å². The van der Waals surface area contributed by atoms with Gasteiger partial charge in [0.05, 0.1) is 0 Å². The number of fused-ring (bicyclic) bond motifs is 1. The molecule has 2 heterocycles. The normalized spacial score (nSPS) is 35.6. The molecule has 0 bridgehead atoms. The Bertz CT molecular complexity index is 206. The molecule has 0 aromatic rings. The first-order valence-corrected chi connectivity index (χ1v) is 5.34. The number of guanidine groups is 1. The maximum atomic E-state index is 5.57. The van der Waals surface area contributed by atoms with Crippen LogP contribution in [0.2, 0.25) is 0 Å². The highest BCUT2D eigenvalue weighted by Crippen LogP contribution is 2.25. The number of hydrogen-bond acceptors (Lipinski definition) is 4. The van der Waals surface area contributed by atoms with E-state index in [1.807, 2.05) is 0 Å². The number of piperidine rings is 1. The Balaban J connectivity index is 1.99. The van der Waals surface area contributed by atoms with Crippen LogP contribution in [0.5, 0.6) is 0 Å². The predicted octanol–water partition coefficient (Wildman–Crippen LogP) is 0.252. The van der Waals surface area contributed by atoms with Gasteiger partial charge in [0.1, 0.15) is 6.17 Å². The van der Waals surface area contributed by atoms with E-state index in [2.05, 4.69) is 31.4 Å². The third-order valence-corrected chi connectivity index (χ3v) is 3.36. The van der Waals surface area contributed by atoms with E-state index < -0.39 is 0 Å². The molecule has 0 aliphatic carbocycles. The standard InChI is InChI=1S/C7H13BrN4/c8-4-5-1-2-12-6(3-5)10-7(9)11-12/h5-6H,1-4H2,(H3,9,10,11). The van der Waals surface area contributed by atoms with Gasteiger partial charge in [-0.1, -0.05) is 15.9 Å². The van der Waals surface area contributed by atoms with Crippen molar-refractivity contribution in [3.05, 3.63) is 0 Å². The smallest absolute Gasteiger partial charge is 0.205 e. The summed E-state index contributed by atoms with van der Waals surface area (Å²) in [6, 6.07) is 0. The summed E-state index contributed by atoms with van der Waals surface area (Å²) in [5.74, 6) is 1.32. The van der Waals surface area contributed by atoms with Gasteiger partial charge in [0.15, 0.2) is 0 Å². The number of nitrogens with one attached hydrogen (secondary N) is 1. The highest BCUT2D eigenvalue weighted by Gasteiger charge is 2.31. The summed E-state index contributed by atoms with van der Waals surface area (Å²) in [5, 5.41) is 3.20. The van der Waals surface area contributed by atoms with Crippen LogP contribution in [0.4, 0.5) is 0 Å². The molecule has 0 aromatic carbocycles. The van der Waals surface area contributed by atoms with Gasteiger partial charge in [-0.25, -0.2) is 4.99 Å². The molecule has 0 aromatic heterocycles. The van der Waals surface area contributed by atoms with Crippen molar-refractivity contribution >= 4 is 21.9 Å². The summed E-state index contributed by atoms with van der Waals surface area (Å²) in [6.45, 7) is 1.05. The zero-order valence-electron chi connectivity index (χ0n) is 6.83. The number of hydrogen-bond donors (Lipinski definition) is 2. The predicted molar refractivity (Wildman–Crippen MR) is 51.8 cm³/mol. The minimum Gasteiger partial charge on any atom is -0.369 e. The third kappa shape index (κ3) is 1.43. The van der Waals surface area contributed by atoms with Gasteiger partial charge in [0, 0.05) is 11.9 Å². The Hall–Kier alpha value is -0.290. The number of halogens is 1. The molecule has 2 aliphatic rings. The monoisotopic (exact) mass is 232 g/mol. The lowest BCUT2D eigenvalue weighted by molar-refractivity contribution is 0.116. The van der Waals surface area contributed by atoms with E-state index >= 15 is 0 Å². The van der Waals surface area contributed by atoms with E-state index in [1.165, 1.54) is 6.42 Å². The first kappa shape index (κ1) is 8.31. The van der Waals surface area contributed by atoms with Crippen molar-refractivity contribution in [3.8, 4) is 0 Å². The van der Waals surface area contributed by atoms with Crippen molar-refractivity contribution in [2.75, 3.05) is 11.9 Å². The lowest BCUT2D eigenvalue weighted by Crippen LogP contribution is -2.47. The fourth-order valence-electron chi connectivity index (χ4n) is 1.74. The van der Waals surface area contributed by atoms with Gasteiger partial charge in [-0.2, -0.15) is 5.01 Å². The van der Waals surface area contributed by atoms with Crippen molar-refractivity contribution < 1.29 is 0 Å². The van der Waals surface area contributed by atoms with Crippen LogP contribution in [-0.2, 0) is 0 Å². The van der Waals surface area contributed by atoms with Crippen molar-refractivity contribution in [2.45, 2.75) is 19.0 Å². The molecule has 2 rings (SSSR count). The SMILES string of the molecule is NC1=NC2CC(CBr)CCN2N1. The van der Waals surface area contributed by atoms with Crippen LogP contribution < -0.4 is 11.2 Å². The number of rotatable bonds is 1. The van der Waals surface area contributed by atoms with Crippen LogP contribution in [0, 0.1) is 5.92 Å². The van der Waals surface area contributed by atoms with Crippen molar-refractivity contribution in [1.82, 2.24) is 10.4 Å². The van der Waals surface area contributed by atoms with Crippen LogP contribution >= 0.6 is 15.9 Å². The topological polar surface area (TPSA) is 53.6 Å². The average molecular weight is 233 g/mol. The number of nitrogens with two attached hydrogens (primary N) is 1. The zero-order chi connectivity index (χ0) is 8.55. The minimum atomic E-state index is 0.279. The Morgan fingerprint density at radius 2 is 2.58 bits per heavy atom. The Kier molecular flexibility index (Phi) is 2.23. The molecule has 12 heavy (non-hydrogen) atoms. The van der Waals surface area contributed by atoms with Crippen LogP contribution in [0.25, 0.3) is 0 Å². The first-order valence-electron chi connectivity index (χ1n) is 4.22. The van der Waals surface area contributed by atoms with Gasteiger partial charge in [-0.15, -0.1) is 0 Å². The van der Waals surface area contributed by atoms with Crippen molar-refractivity contribution in [3.63, 3.8) is 0 Å². The highest BCUT2D eigenvalue weighted by molar-refractivity contribution is 9.09. The van der Waals surface area contributed by atoms with Gasteiger partial charge < -0.3 is 5.73 Å². The summed E-state index contributed by atoms with van der Waals surface area (Å²) in [4.78, 5) is 4.30. The van der Waals surface area contributed by atoms with E-state index in [0.29, 0.717) is 5.96 Å². The maximum absolute atomic E-state index is 5.57. The number of hydrazine groups is 1. The zero-order valence-corrected chi connectivity index (χ0v) is 8.42. The quantitative estimate of drug-likeness (QED) is 0.638. The van der Waals surface area contributed by atoms with Crippen LogP contribution in [0.3, 0.4) is 0 Å². The second-order valence-electron chi connectivity index (χ2n) is 3.34. The summed E-state index contributed by atoms with van der Waals surface area (Å²) in [5.41, 5.74) is 8.61. The number of aliphatic imine (C=N–C) groups is 1. The van der Waals surface area contributed by atoms with Gasteiger partial charge in [0.2, 0.25) is 5.96 Å². The molecular formula is C7H13BrN4. The third-order valence-electron chi connectivity index (χ3n) is 2.45.